The monoisotopic (exact) mass is 256 g/mol. The Hall–Kier alpha value is -2.16. The Morgan fingerprint density at radius 2 is 1.74 bits per heavy atom. The highest BCUT2D eigenvalue weighted by atomic mass is 16.5. The molecule has 0 heterocycles. The van der Waals surface area contributed by atoms with E-state index in [1.165, 1.54) is 0 Å². The maximum atomic E-state index is 5.74. The fraction of sp³-hybridized carbons (Fsp3) is 0.250. The van der Waals surface area contributed by atoms with E-state index < -0.39 is 0 Å². The van der Waals surface area contributed by atoms with Crippen molar-refractivity contribution in [1.29, 1.82) is 0 Å². The molecule has 19 heavy (non-hydrogen) atoms. The molecule has 0 aromatic heterocycles. The van der Waals surface area contributed by atoms with Gasteiger partial charge in [0, 0.05) is 17.1 Å². The Morgan fingerprint density at radius 3 is 2.32 bits per heavy atom. The lowest BCUT2D eigenvalue weighted by molar-refractivity contribution is 0.242. The third-order valence-electron chi connectivity index (χ3n) is 2.76. The van der Waals surface area contributed by atoms with Crippen molar-refractivity contribution in [3.63, 3.8) is 0 Å². The van der Waals surface area contributed by atoms with Crippen molar-refractivity contribution in [3.8, 4) is 5.75 Å². The first-order valence-corrected chi connectivity index (χ1v) is 6.44. The normalized spacial score (nSPS) is 10.5. The van der Waals surface area contributed by atoms with Gasteiger partial charge < -0.3 is 15.8 Å². The number of nitrogens with two attached hydrogens (primary N) is 1. The number of hydrogen-bond acceptors (Lipinski definition) is 3. The molecule has 3 nitrogen and oxygen atoms in total. The molecule has 0 unspecified atom stereocenters. The van der Waals surface area contributed by atoms with Crippen LogP contribution in [-0.2, 0) is 0 Å². The van der Waals surface area contributed by atoms with Gasteiger partial charge in [-0.1, -0.05) is 0 Å². The van der Waals surface area contributed by atoms with E-state index >= 15 is 0 Å². The van der Waals surface area contributed by atoms with Crippen molar-refractivity contribution in [1.82, 2.24) is 0 Å². The minimum atomic E-state index is 0.193. The first-order chi connectivity index (χ1) is 9.04. The van der Waals surface area contributed by atoms with Gasteiger partial charge in [-0.25, -0.2) is 0 Å². The van der Waals surface area contributed by atoms with E-state index in [-0.39, 0.29) is 6.10 Å². The van der Waals surface area contributed by atoms with Gasteiger partial charge in [0.1, 0.15) is 5.75 Å². The molecule has 0 bridgehead atoms. The summed E-state index contributed by atoms with van der Waals surface area (Å²) in [5.41, 5.74) is 9.74. The molecule has 3 N–H and O–H groups in total. The van der Waals surface area contributed by atoms with Crippen molar-refractivity contribution in [2.24, 2.45) is 0 Å². The van der Waals surface area contributed by atoms with Crippen molar-refractivity contribution >= 4 is 17.1 Å². The lowest BCUT2D eigenvalue weighted by Crippen LogP contribution is -2.05. The Kier molecular flexibility index (Phi) is 3.95. The summed E-state index contributed by atoms with van der Waals surface area (Å²) < 4.78 is 5.61. The zero-order valence-electron chi connectivity index (χ0n) is 11.6. The zero-order chi connectivity index (χ0) is 13.8. The molecular formula is C16H20N2O. The third-order valence-corrected chi connectivity index (χ3v) is 2.76. The molecule has 100 valence electrons. The third kappa shape index (κ3) is 3.65. The van der Waals surface area contributed by atoms with Crippen LogP contribution in [0.1, 0.15) is 19.4 Å². The van der Waals surface area contributed by atoms with Gasteiger partial charge in [0.2, 0.25) is 0 Å². The summed E-state index contributed by atoms with van der Waals surface area (Å²) >= 11 is 0. The smallest absolute Gasteiger partial charge is 0.119 e. The van der Waals surface area contributed by atoms with Crippen LogP contribution < -0.4 is 15.8 Å². The maximum absolute atomic E-state index is 5.74. The molecule has 2 rings (SSSR count). The van der Waals surface area contributed by atoms with Crippen LogP contribution in [0.15, 0.2) is 42.5 Å². The molecule has 2 aromatic carbocycles. The average Bonchev–Trinajstić information content (AvgIpc) is 2.34. The van der Waals surface area contributed by atoms with Crippen LogP contribution in [0.25, 0.3) is 0 Å². The molecule has 2 aromatic rings. The Labute approximate surface area is 114 Å². The standard InChI is InChI=1S/C16H20N2O/c1-11(2)19-15-7-5-14(6-8-15)18-16-9-4-13(17)10-12(16)3/h4-11,18H,17H2,1-3H3. The quantitative estimate of drug-likeness (QED) is 0.809. The van der Waals surface area contributed by atoms with Gasteiger partial charge in [-0.3, -0.25) is 0 Å². The number of benzene rings is 2. The van der Waals surface area contributed by atoms with Crippen LogP contribution in [0.5, 0.6) is 5.75 Å². The highest BCUT2D eigenvalue weighted by molar-refractivity contribution is 5.66. The van der Waals surface area contributed by atoms with Gasteiger partial charge in [0.05, 0.1) is 6.10 Å². The van der Waals surface area contributed by atoms with Gasteiger partial charge in [-0.15, -0.1) is 0 Å². The van der Waals surface area contributed by atoms with E-state index in [1.807, 2.05) is 63.2 Å². The van der Waals surface area contributed by atoms with Crippen LogP contribution in [0, 0.1) is 6.92 Å². The Balaban J connectivity index is 2.10. The zero-order valence-corrected chi connectivity index (χ0v) is 11.6. The van der Waals surface area contributed by atoms with Crippen molar-refractivity contribution in [2.45, 2.75) is 26.9 Å². The highest BCUT2D eigenvalue weighted by Crippen LogP contribution is 2.24. The molecule has 0 saturated carbocycles. The van der Waals surface area contributed by atoms with Gasteiger partial charge in [-0.05, 0) is 68.8 Å². The van der Waals surface area contributed by atoms with Crippen molar-refractivity contribution in [3.05, 3.63) is 48.0 Å². The molecule has 0 aliphatic carbocycles. The number of hydrogen-bond donors (Lipinski definition) is 2. The van der Waals surface area contributed by atoms with E-state index in [1.54, 1.807) is 0 Å². The predicted molar refractivity (Wildman–Crippen MR) is 81.1 cm³/mol. The van der Waals surface area contributed by atoms with Crippen LogP contribution in [0.4, 0.5) is 17.1 Å². The summed E-state index contributed by atoms with van der Waals surface area (Å²) in [7, 11) is 0. The van der Waals surface area contributed by atoms with Crippen LogP contribution in [0.3, 0.4) is 0 Å². The largest absolute Gasteiger partial charge is 0.491 e. The topological polar surface area (TPSA) is 47.3 Å². The fourth-order valence-electron chi connectivity index (χ4n) is 1.87. The van der Waals surface area contributed by atoms with E-state index in [0.717, 1.165) is 28.4 Å². The van der Waals surface area contributed by atoms with Crippen LogP contribution in [0.2, 0.25) is 0 Å². The number of anilines is 3. The van der Waals surface area contributed by atoms with E-state index in [4.69, 9.17) is 10.5 Å². The fourth-order valence-corrected chi connectivity index (χ4v) is 1.87. The SMILES string of the molecule is Cc1cc(N)ccc1Nc1ccc(OC(C)C)cc1. The maximum Gasteiger partial charge on any atom is 0.119 e. The lowest BCUT2D eigenvalue weighted by Gasteiger charge is -2.12. The van der Waals surface area contributed by atoms with Crippen LogP contribution >= 0.6 is 0 Å². The number of nitrogens with one attached hydrogen (secondary N) is 1. The minimum absolute atomic E-state index is 0.193. The second-order valence-electron chi connectivity index (χ2n) is 4.89. The molecule has 0 atom stereocenters. The summed E-state index contributed by atoms with van der Waals surface area (Å²) in [5, 5.41) is 3.37. The van der Waals surface area contributed by atoms with E-state index in [2.05, 4.69) is 5.32 Å². The first-order valence-electron chi connectivity index (χ1n) is 6.44. The molecule has 0 aliphatic rings. The number of nitrogen functional groups attached to an aromatic ring is 1. The predicted octanol–water partition coefficient (Wildman–Crippen LogP) is 4.11. The highest BCUT2D eigenvalue weighted by Gasteiger charge is 2.01. The molecular weight excluding hydrogens is 236 g/mol. The molecule has 0 saturated heterocycles. The summed E-state index contributed by atoms with van der Waals surface area (Å²) in [4.78, 5) is 0. The lowest BCUT2D eigenvalue weighted by atomic mass is 10.1. The van der Waals surface area contributed by atoms with Gasteiger partial charge >= 0.3 is 0 Å². The number of aryl methyl sites for hydroxylation is 1. The summed E-state index contributed by atoms with van der Waals surface area (Å²) in [6.07, 6.45) is 0.193. The Morgan fingerprint density at radius 1 is 1.05 bits per heavy atom. The van der Waals surface area contributed by atoms with E-state index in [9.17, 15) is 0 Å². The van der Waals surface area contributed by atoms with Crippen molar-refractivity contribution < 1.29 is 4.74 Å². The van der Waals surface area contributed by atoms with Gasteiger partial charge in [-0.2, -0.15) is 0 Å². The van der Waals surface area contributed by atoms with Gasteiger partial charge in [0.25, 0.3) is 0 Å². The molecule has 3 heteroatoms. The second-order valence-corrected chi connectivity index (χ2v) is 4.89. The number of ether oxygens (including phenoxy) is 1. The molecule has 0 aliphatic heterocycles. The second kappa shape index (κ2) is 5.65. The van der Waals surface area contributed by atoms with Gasteiger partial charge in [0.15, 0.2) is 0 Å². The Bertz CT molecular complexity index is 547. The summed E-state index contributed by atoms with van der Waals surface area (Å²) in [6.45, 7) is 6.07. The van der Waals surface area contributed by atoms with E-state index in [0.29, 0.717) is 0 Å². The minimum Gasteiger partial charge on any atom is -0.491 e. The number of rotatable bonds is 4. The summed E-state index contributed by atoms with van der Waals surface area (Å²) in [5.74, 6) is 0.884. The van der Waals surface area contributed by atoms with Crippen LogP contribution in [-0.4, -0.2) is 6.10 Å². The molecule has 0 radical (unpaired) electrons. The molecule has 0 spiro atoms. The van der Waals surface area contributed by atoms with Crippen molar-refractivity contribution in [2.75, 3.05) is 11.1 Å². The first kappa shape index (κ1) is 13.3. The average molecular weight is 256 g/mol. The molecule has 0 amide bonds. The molecule has 0 fully saturated rings. The summed E-state index contributed by atoms with van der Waals surface area (Å²) in [6, 6.07) is 13.8.